The molecule has 0 saturated heterocycles. The molecule has 0 aliphatic carbocycles. The molecule has 6 nitrogen and oxygen atoms in total. The number of thiazole rings is 1. The van der Waals surface area contributed by atoms with E-state index in [0.29, 0.717) is 16.4 Å². The third-order valence-corrected chi connectivity index (χ3v) is 6.73. The maximum atomic E-state index is 13.5. The topological polar surface area (TPSA) is 63.4 Å². The zero-order valence-electron chi connectivity index (χ0n) is 19.4. The van der Waals surface area contributed by atoms with Gasteiger partial charge >= 0.3 is 0 Å². The van der Waals surface area contributed by atoms with Gasteiger partial charge in [-0.25, -0.2) is 9.67 Å². The molecule has 0 bridgehead atoms. The molecule has 0 unspecified atom stereocenters. The van der Waals surface area contributed by atoms with E-state index in [-0.39, 0.29) is 5.91 Å². The summed E-state index contributed by atoms with van der Waals surface area (Å²) in [6.45, 7) is 1.85. The van der Waals surface area contributed by atoms with Gasteiger partial charge in [0.15, 0.2) is 0 Å². The van der Waals surface area contributed by atoms with E-state index >= 15 is 0 Å². The van der Waals surface area contributed by atoms with Gasteiger partial charge in [0.2, 0.25) is 5.13 Å². The molecule has 1 amide bonds. The summed E-state index contributed by atoms with van der Waals surface area (Å²) in [5, 5.41) is 13.3. The first-order chi connectivity index (χ1) is 17.7. The summed E-state index contributed by atoms with van der Waals surface area (Å²) in [6.07, 6.45) is 3.83. The molecule has 36 heavy (non-hydrogen) atoms. The third kappa shape index (κ3) is 4.06. The first-order valence-electron chi connectivity index (χ1n) is 11.5. The molecule has 3 heterocycles. The molecular weight excluding hydrogens is 466 g/mol. The number of anilines is 1. The normalized spacial score (nSPS) is 14.5. The van der Waals surface area contributed by atoms with Crippen LogP contribution in [0.1, 0.15) is 12.5 Å². The van der Waals surface area contributed by atoms with E-state index in [9.17, 15) is 4.79 Å². The number of hydrogen-bond donors (Lipinski definition) is 0. The highest BCUT2D eigenvalue weighted by Gasteiger charge is 2.31. The van der Waals surface area contributed by atoms with Crippen molar-refractivity contribution in [3.8, 4) is 28.2 Å². The largest absolute Gasteiger partial charge is 0.282 e. The minimum absolute atomic E-state index is 0.201. The zero-order chi connectivity index (χ0) is 24.5. The number of benzene rings is 3. The molecule has 1 aliphatic heterocycles. The summed E-state index contributed by atoms with van der Waals surface area (Å²) in [5.74, 6) is -0.201. The Morgan fingerprint density at radius 3 is 2.17 bits per heavy atom. The molecule has 7 heteroatoms. The van der Waals surface area contributed by atoms with Crippen molar-refractivity contribution < 1.29 is 4.79 Å². The first kappa shape index (κ1) is 21.9. The fourth-order valence-electron chi connectivity index (χ4n) is 4.10. The predicted molar refractivity (Wildman–Crippen MR) is 145 cm³/mol. The van der Waals surface area contributed by atoms with Crippen LogP contribution in [0.15, 0.2) is 113 Å². The van der Waals surface area contributed by atoms with Gasteiger partial charge in [0, 0.05) is 28.3 Å². The summed E-state index contributed by atoms with van der Waals surface area (Å²) >= 11 is 1.40. The van der Waals surface area contributed by atoms with Gasteiger partial charge in [-0.2, -0.15) is 15.2 Å². The predicted octanol–water partition coefficient (Wildman–Crippen LogP) is 6.47. The van der Waals surface area contributed by atoms with Crippen LogP contribution in [0.2, 0.25) is 0 Å². The summed E-state index contributed by atoms with van der Waals surface area (Å²) in [6, 6.07) is 29.8. The van der Waals surface area contributed by atoms with Crippen molar-refractivity contribution in [2.24, 2.45) is 5.10 Å². The van der Waals surface area contributed by atoms with Gasteiger partial charge in [0.1, 0.15) is 0 Å². The van der Waals surface area contributed by atoms with E-state index < -0.39 is 0 Å². The number of rotatable bonds is 5. The molecule has 174 valence electrons. The van der Waals surface area contributed by atoms with Gasteiger partial charge < -0.3 is 0 Å². The lowest BCUT2D eigenvalue weighted by molar-refractivity contribution is -0.114. The summed E-state index contributed by atoms with van der Waals surface area (Å²) < 4.78 is 1.84. The fourth-order valence-corrected chi connectivity index (χ4v) is 4.88. The number of aromatic nitrogens is 3. The summed E-state index contributed by atoms with van der Waals surface area (Å²) in [7, 11) is 0. The Balaban J connectivity index is 1.37. The second-order valence-electron chi connectivity index (χ2n) is 8.32. The van der Waals surface area contributed by atoms with Crippen LogP contribution in [0.5, 0.6) is 0 Å². The van der Waals surface area contributed by atoms with Crippen molar-refractivity contribution in [3.63, 3.8) is 0 Å². The van der Waals surface area contributed by atoms with Crippen LogP contribution in [0.4, 0.5) is 5.13 Å². The Morgan fingerprint density at radius 1 is 0.833 bits per heavy atom. The SMILES string of the molecule is CC1=NN(c2nc(-c3ccccc3)cs2)C(=O)C1=Cc1cn(-c2ccccc2)nc1-c1ccccc1. The number of carbonyl (C=O) groups is 1. The van der Waals surface area contributed by atoms with Crippen LogP contribution < -0.4 is 5.01 Å². The zero-order valence-corrected chi connectivity index (χ0v) is 20.3. The second kappa shape index (κ2) is 9.20. The lowest BCUT2D eigenvalue weighted by Crippen LogP contribution is -2.21. The van der Waals surface area contributed by atoms with Crippen LogP contribution in [-0.4, -0.2) is 26.4 Å². The summed E-state index contributed by atoms with van der Waals surface area (Å²) in [5.41, 5.74) is 6.55. The summed E-state index contributed by atoms with van der Waals surface area (Å²) in [4.78, 5) is 18.1. The van der Waals surface area contributed by atoms with E-state index in [1.165, 1.54) is 16.3 Å². The number of hydrazone groups is 1. The molecule has 1 aliphatic rings. The van der Waals surface area contributed by atoms with E-state index in [1.807, 2.05) is 120 Å². The molecule has 0 radical (unpaired) electrons. The monoisotopic (exact) mass is 487 g/mol. The van der Waals surface area contributed by atoms with Crippen LogP contribution in [-0.2, 0) is 4.79 Å². The Hall–Kier alpha value is -4.62. The average molecular weight is 488 g/mol. The molecule has 5 aromatic rings. The number of nitrogens with zero attached hydrogens (tertiary/aromatic N) is 5. The van der Waals surface area contributed by atoms with Gasteiger partial charge in [-0.3, -0.25) is 4.79 Å². The van der Waals surface area contributed by atoms with Gasteiger partial charge in [0.05, 0.1) is 28.4 Å². The van der Waals surface area contributed by atoms with Gasteiger partial charge in [0.25, 0.3) is 5.91 Å². The maximum absolute atomic E-state index is 13.5. The van der Waals surface area contributed by atoms with E-state index in [0.717, 1.165) is 33.8 Å². The maximum Gasteiger partial charge on any atom is 0.282 e. The molecular formula is C29H21N5OS. The van der Waals surface area contributed by atoms with Crippen LogP contribution in [0.25, 0.3) is 34.3 Å². The lowest BCUT2D eigenvalue weighted by Gasteiger charge is -2.07. The molecule has 2 aromatic heterocycles. The molecule has 0 N–H and O–H groups in total. The molecule has 0 fully saturated rings. The molecule has 6 rings (SSSR count). The third-order valence-electron chi connectivity index (χ3n) is 5.92. The van der Waals surface area contributed by atoms with Gasteiger partial charge in [-0.05, 0) is 25.1 Å². The Morgan fingerprint density at radius 2 is 1.47 bits per heavy atom. The van der Waals surface area contributed by atoms with E-state index in [4.69, 9.17) is 5.10 Å². The lowest BCUT2D eigenvalue weighted by atomic mass is 10.0. The quantitative estimate of drug-likeness (QED) is 0.267. The Labute approximate surface area is 212 Å². The molecule has 0 atom stereocenters. The molecule has 3 aromatic carbocycles. The fraction of sp³-hybridized carbons (Fsp3) is 0.0345. The number of hydrogen-bond acceptors (Lipinski definition) is 5. The van der Waals surface area contributed by atoms with Crippen LogP contribution >= 0.6 is 11.3 Å². The molecule has 0 spiro atoms. The van der Waals surface area contributed by atoms with Crippen molar-refractivity contribution in [2.75, 3.05) is 5.01 Å². The van der Waals surface area contributed by atoms with Gasteiger partial charge in [-0.1, -0.05) is 78.9 Å². The Kier molecular flexibility index (Phi) is 5.59. The van der Waals surface area contributed by atoms with Crippen LogP contribution in [0.3, 0.4) is 0 Å². The van der Waals surface area contributed by atoms with Crippen LogP contribution in [0, 0.1) is 0 Å². The highest BCUT2D eigenvalue weighted by Crippen LogP contribution is 2.32. The minimum atomic E-state index is -0.201. The second-order valence-corrected chi connectivity index (χ2v) is 9.16. The Bertz CT molecular complexity index is 1600. The number of para-hydroxylation sites is 1. The standard InChI is InChI=1S/C29H21N5OS/c1-20-25(28(35)34(31-20)29-30-26(19-36-29)21-11-5-2-6-12-21)17-23-18-33(24-15-9-4-10-16-24)32-27(23)22-13-7-3-8-14-22/h2-19H,1H3. The van der Waals surface area contributed by atoms with Crippen molar-refractivity contribution >= 4 is 34.2 Å². The smallest absolute Gasteiger partial charge is 0.267 e. The molecule has 0 saturated carbocycles. The number of amides is 1. The van der Waals surface area contributed by atoms with Crippen molar-refractivity contribution in [1.82, 2.24) is 14.8 Å². The highest BCUT2D eigenvalue weighted by atomic mass is 32.1. The van der Waals surface area contributed by atoms with Crippen molar-refractivity contribution in [1.29, 1.82) is 0 Å². The van der Waals surface area contributed by atoms with E-state index in [2.05, 4.69) is 10.1 Å². The van der Waals surface area contributed by atoms with Crippen molar-refractivity contribution in [3.05, 3.63) is 114 Å². The van der Waals surface area contributed by atoms with Gasteiger partial charge in [-0.15, -0.1) is 11.3 Å². The van der Waals surface area contributed by atoms with Crippen molar-refractivity contribution in [2.45, 2.75) is 6.92 Å². The number of carbonyl (C=O) groups excluding carboxylic acids is 1. The minimum Gasteiger partial charge on any atom is -0.267 e. The van der Waals surface area contributed by atoms with E-state index in [1.54, 1.807) is 0 Å². The average Bonchev–Trinajstić information content (AvgIpc) is 3.65. The first-order valence-corrected chi connectivity index (χ1v) is 12.4. The highest BCUT2D eigenvalue weighted by molar-refractivity contribution is 7.14.